The first-order valence-corrected chi connectivity index (χ1v) is 6.95. The number of rotatable bonds is 6. The van der Waals surface area contributed by atoms with Crippen LogP contribution in [0.4, 0.5) is 4.39 Å². The van der Waals surface area contributed by atoms with Gasteiger partial charge < -0.3 is 10.6 Å². The van der Waals surface area contributed by atoms with Crippen molar-refractivity contribution < 1.29 is 9.18 Å². The van der Waals surface area contributed by atoms with Crippen molar-refractivity contribution in [3.05, 3.63) is 77.5 Å². The van der Waals surface area contributed by atoms with E-state index in [9.17, 15) is 9.18 Å². The molecule has 0 fully saturated rings. The summed E-state index contributed by atoms with van der Waals surface area (Å²) in [5.74, 6) is -0.842. The first-order chi connectivity index (χ1) is 11.2. The Morgan fingerprint density at radius 2 is 2.09 bits per heavy atom. The quantitative estimate of drug-likeness (QED) is 0.632. The fraction of sp³-hybridized carbons (Fsp3) is 0.118. The average Bonchev–Trinajstić information content (AvgIpc) is 2.59. The number of pyridine rings is 1. The minimum atomic E-state index is -0.502. The molecule has 6 heteroatoms. The maximum absolute atomic E-state index is 13.5. The predicted molar refractivity (Wildman–Crippen MR) is 83.0 cm³/mol. The summed E-state index contributed by atoms with van der Waals surface area (Å²) >= 11 is 0. The molecule has 0 bridgehead atoms. The summed E-state index contributed by atoms with van der Waals surface area (Å²) in [7, 11) is 0. The van der Waals surface area contributed by atoms with Crippen molar-refractivity contribution in [3.63, 3.8) is 0 Å². The summed E-state index contributed by atoms with van der Waals surface area (Å²) in [6, 6.07) is 11.7. The van der Waals surface area contributed by atoms with Gasteiger partial charge in [-0.05, 0) is 17.7 Å². The molecule has 0 saturated heterocycles. The molecule has 116 valence electrons. The summed E-state index contributed by atoms with van der Waals surface area (Å²) < 4.78 is 13.5. The first kappa shape index (κ1) is 16.2. The van der Waals surface area contributed by atoms with Crippen molar-refractivity contribution in [2.24, 2.45) is 0 Å². The highest BCUT2D eigenvalue weighted by Gasteiger charge is 2.08. The van der Waals surface area contributed by atoms with Gasteiger partial charge in [-0.1, -0.05) is 24.3 Å². The lowest BCUT2D eigenvalue weighted by atomic mass is 10.2. The largest absolute Gasteiger partial charge is 0.385 e. The normalized spacial score (nSPS) is 10.7. The Kier molecular flexibility index (Phi) is 5.83. The summed E-state index contributed by atoms with van der Waals surface area (Å²) in [5, 5.41) is 14.4. The van der Waals surface area contributed by atoms with Crippen LogP contribution in [0.2, 0.25) is 0 Å². The molecule has 0 unspecified atom stereocenters. The van der Waals surface area contributed by atoms with E-state index in [1.54, 1.807) is 36.7 Å². The van der Waals surface area contributed by atoms with Gasteiger partial charge in [0.15, 0.2) is 0 Å². The summed E-state index contributed by atoms with van der Waals surface area (Å²) in [5.41, 5.74) is 1.21. The highest BCUT2D eigenvalue weighted by Crippen LogP contribution is 2.05. The number of halogens is 1. The van der Waals surface area contributed by atoms with Gasteiger partial charge in [0.1, 0.15) is 17.5 Å². The molecule has 2 rings (SSSR count). The van der Waals surface area contributed by atoms with E-state index in [0.29, 0.717) is 5.56 Å². The number of hydrogen-bond donors (Lipinski definition) is 2. The van der Waals surface area contributed by atoms with E-state index in [-0.39, 0.29) is 24.5 Å². The Morgan fingerprint density at radius 3 is 2.78 bits per heavy atom. The average molecular weight is 310 g/mol. The number of nitrogens with one attached hydrogen (secondary N) is 2. The molecule has 23 heavy (non-hydrogen) atoms. The summed E-state index contributed by atoms with van der Waals surface area (Å²) in [6.07, 6.45) is 4.55. The molecule has 0 aliphatic carbocycles. The molecule has 0 aliphatic rings. The molecule has 1 heterocycles. The van der Waals surface area contributed by atoms with Gasteiger partial charge in [-0.3, -0.25) is 9.78 Å². The van der Waals surface area contributed by atoms with Gasteiger partial charge >= 0.3 is 0 Å². The Balaban J connectivity index is 1.89. The van der Waals surface area contributed by atoms with E-state index in [1.165, 1.54) is 12.3 Å². The van der Waals surface area contributed by atoms with E-state index < -0.39 is 5.91 Å². The molecule has 0 spiro atoms. The second-order valence-corrected chi connectivity index (χ2v) is 4.69. The molecule has 2 N–H and O–H groups in total. The molecule has 1 aromatic heterocycles. The molecule has 0 aliphatic heterocycles. The third kappa shape index (κ3) is 4.93. The number of benzene rings is 1. The topological polar surface area (TPSA) is 77.8 Å². The molecule has 1 aromatic carbocycles. The van der Waals surface area contributed by atoms with Crippen LogP contribution in [0.3, 0.4) is 0 Å². The van der Waals surface area contributed by atoms with Crippen LogP contribution in [-0.2, 0) is 17.9 Å². The third-order valence-corrected chi connectivity index (χ3v) is 3.04. The minimum absolute atomic E-state index is 0.0785. The predicted octanol–water partition coefficient (Wildman–Crippen LogP) is 2.03. The number of carbonyl (C=O) groups excluding carboxylic acids is 1. The number of hydrogen-bond acceptors (Lipinski definition) is 4. The molecule has 0 saturated carbocycles. The molecule has 1 amide bonds. The molecular weight excluding hydrogens is 295 g/mol. The fourth-order valence-electron chi connectivity index (χ4n) is 1.83. The van der Waals surface area contributed by atoms with E-state index in [0.717, 1.165) is 5.56 Å². The molecule has 2 aromatic rings. The Bertz CT molecular complexity index is 738. The first-order valence-electron chi connectivity index (χ1n) is 6.95. The number of nitrogens with zero attached hydrogens (tertiary/aromatic N) is 2. The monoisotopic (exact) mass is 310 g/mol. The molecule has 0 atom stereocenters. The van der Waals surface area contributed by atoms with Crippen LogP contribution < -0.4 is 10.6 Å². The van der Waals surface area contributed by atoms with Crippen LogP contribution in [0, 0.1) is 17.1 Å². The zero-order valence-corrected chi connectivity index (χ0v) is 12.3. The second-order valence-electron chi connectivity index (χ2n) is 4.69. The van der Waals surface area contributed by atoms with E-state index in [2.05, 4.69) is 15.6 Å². The smallest absolute Gasteiger partial charge is 0.263 e. The number of amides is 1. The zero-order valence-electron chi connectivity index (χ0n) is 12.3. The lowest BCUT2D eigenvalue weighted by Crippen LogP contribution is -2.25. The van der Waals surface area contributed by atoms with Crippen LogP contribution in [0.25, 0.3) is 0 Å². The van der Waals surface area contributed by atoms with Crippen molar-refractivity contribution in [3.8, 4) is 6.07 Å². The van der Waals surface area contributed by atoms with Gasteiger partial charge in [-0.15, -0.1) is 0 Å². The highest BCUT2D eigenvalue weighted by atomic mass is 19.1. The molecular formula is C17H15FN4O. The number of aromatic nitrogens is 1. The minimum Gasteiger partial charge on any atom is -0.385 e. The Labute approximate surface area is 133 Å². The van der Waals surface area contributed by atoms with E-state index in [4.69, 9.17) is 5.26 Å². The SMILES string of the molecule is N#C/C(=C/NCc1ccccc1F)C(=O)NCc1cccnc1. The van der Waals surface area contributed by atoms with Crippen molar-refractivity contribution in [2.75, 3.05) is 0 Å². The van der Waals surface area contributed by atoms with Crippen molar-refractivity contribution >= 4 is 5.91 Å². The summed E-state index contributed by atoms with van der Waals surface area (Å²) in [6.45, 7) is 0.465. The van der Waals surface area contributed by atoms with Crippen LogP contribution in [0.5, 0.6) is 0 Å². The lowest BCUT2D eigenvalue weighted by Gasteiger charge is -2.05. The van der Waals surface area contributed by atoms with Crippen molar-refractivity contribution in [1.29, 1.82) is 5.26 Å². The zero-order chi connectivity index (χ0) is 16.5. The molecule has 0 radical (unpaired) electrons. The maximum atomic E-state index is 13.5. The van der Waals surface area contributed by atoms with E-state index in [1.807, 2.05) is 12.1 Å². The summed E-state index contributed by atoms with van der Waals surface area (Å²) in [4.78, 5) is 15.9. The van der Waals surface area contributed by atoms with Crippen LogP contribution in [-0.4, -0.2) is 10.9 Å². The third-order valence-electron chi connectivity index (χ3n) is 3.04. The van der Waals surface area contributed by atoms with Crippen LogP contribution in [0.15, 0.2) is 60.6 Å². The van der Waals surface area contributed by atoms with Gasteiger partial charge in [0.25, 0.3) is 5.91 Å². The Morgan fingerprint density at radius 1 is 1.26 bits per heavy atom. The number of carbonyl (C=O) groups is 1. The number of nitriles is 1. The lowest BCUT2D eigenvalue weighted by molar-refractivity contribution is -0.117. The Hall–Kier alpha value is -3.20. The van der Waals surface area contributed by atoms with Crippen molar-refractivity contribution in [2.45, 2.75) is 13.1 Å². The fourth-order valence-corrected chi connectivity index (χ4v) is 1.83. The van der Waals surface area contributed by atoms with Crippen molar-refractivity contribution in [1.82, 2.24) is 15.6 Å². The van der Waals surface area contributed by atoms with Gasteiger partial charge in [0.05, 0.1) is 0 Å². The van der Waals surface area contributed by atoms with Gasteiger partial charge in [0, 0.05) is 37.2 Å². The standard InChI is InChI=1S/C17H15FN4O/c18-16-6-2-1-5-14(16)11-21-12-15(8-19)17(23)22-10-13-4-3-7-20-9-13/h1-7,9,12,21H,10-11H2,(H,22,23)/b15-12-. The maximum Gasteiger partial charge on any atom is 0.263 e. The highest BCUT2D eigenvalue weighted by molar-refractivity contribution is 5.97. The van der Waals surface area contributed by atoms with Gasteiger partial charge in [0.2, 0.25) is 0 Å². The van der Waals surface area contributed by atoms with Gasteiger partial charge in [-0.25, -0.2) is 4.39 Å². The van der Waals surface area contributed by atoms with Crippen LogP contribution in [0.1, 0.15) is 11.1 Å². The van der Waals surface area contributed by atoms with E-state index >= 15 is 0 Å². The van der Waals surface area contributed by atoms with Gasteiger partial charge in [-0.2, -0.15) is 5.26 Å². The van der Waals surface area contributed by atoms with Crippen LogP contribution >= 0.6 is 0 Å². The second kappa shape index (κ2) is 8.29. The molecule has 5 nitrogen and oxygen atoms in total.